The molecule has 3 aromatic rings. The van der Waals surface area contributed by atoms with Crippen molar-refractivity contribution in [1.29, 1.82) is 0 Å². The van der Waals surface area contributed by atoms with Crippen molar-refractivity contribution < 1.29 is 14.6 Å². The summed E-state index contributed by atoms with van der Waals surface area (Å²) in [6, 6.07) is 10.8. The Balaban J connectivity index is 2.04. The van der Waals surface area contributed by atoms with Gasteiger partial charge in [0.1, 0.15) is 0 Å². The van der Waals surface area contributed by atoms with Crippen LogP contribution in [0.15, 0.2) is 48.8 Å². The monoisotopic (exact) mass is 297 g/mol. The molecule has 22 heavy (non-hydrogen) atoms. The molecule has 6 heteroatoms. The first-order valence-corrected chi connectivity index (χ1v) is 6.66. The number of rotatable bonds is 4. The molecule has 0 fully saturated rings. The number of nitrogens with zero attached hydrogens (tertiary/aromatic N) is 3. The van der Waals surface area contributed by atoms with Gasteiger partial charge in [0.15, 0.2) is 17.3 Å². The molecule has 0 atom stereocenters. The Morgan fingerprint density at radius 3 is 2.59 bits per heavy atom. The Morgan fingerprint density at radius 1 is 1.05 bits per heavy atom. The molecule has 0 aliphatic carbocycles. The van der Waals surface area contributed by atoms with E-state index in [2.05, 4.69) is 10.1 Å². The van der Waals surface area contributed by atoms with Gasteiger partial charge >= 0.3 is 0 Å². The van der Waals surface area contributed by atoms with Crippen LogP contribution in [0.3, 0.4) is 0 Å². The molecule has 112 valence electrons. The maximum Gasteiger partial charge on any atom is 0.203 e. The molecule has 0 amide bonds. The van der Waals surface area contributed by atoms with Gasteiger partial charge in [0.2, 0.25) is 5.75 Å². The van der Waals surface area contributed by atoms with E-state index in [-0.39, 0.29) is 11.5 Å². The van der Waals surface area contributed by atoms with Crippen LogP contribution in [-0.2, 0) is 0 Å². The van der Waals surface area contributed by atoms with Gasteiger partial charge in [0, 0.05) is 18.0 Å². The second-order valence-electron chi connectivity index (χ2n) is 4.53. The number of hydrogen-bond donors (Lipinski definition) is 1. The second kappa shape index (κ2) is 5.77. The Morgan fingerprint density at radius 2 is 1.91 bits per heavy atom. The third kappa shape index (κ3) is 2.35. The molecule has 0 unspecified atom stereocenters. The summed E-state index contributed by atoms with van der Waals surface area (Å²) in [5.74, 6) is 1.45. The van der Waals surface area contributed by atoms with Gasteiger partial charge in [-0.25, -0.2) is 9.67 Å². The van der Waals surface area contributed by atoms with Gasteiger partial charge in [-0.15, -0.1) is 0 Å². The minimum Gasteiger partial charge on any atom is -0.504 e. The first-order valence-electron chi connectivity index (χ1n) is 6.66. The summed E-state index contributed by atoms with van der Waals surface area (Å²) in [5, 5.41) is 14.8. The Hall–Kier alpha value is -3.02. The summed E-state index contributed by atoms with van der Waals surface area (Å²) in [5.41, 5.74) is 1.18. The SMILES string of the molecule is COc1ccc(-c2ccn(-c3ccccn3)n2)c(O)c1OC. The highest BCUT2D eigenvalue weighted by atomic mass is 16.5. The molecule has 0 radical (unpaired) electrons. The number of benzene rings is 1. The number of methoxy groups -OCH3 is 2. The van der Waals surface area contributed by atoms with Crippen LogP contribution in [0.5, 0.6) is 17.2 Å². The molecule has 6 nitrogen and oxygen atoms in total. The molecule has 1 aromatic carbocycles. The highest BCUT2D eigenvalue weighted by molar-refractivity contribution is 5.73. The third-order valence-corrected chi connectivity index (χ3v) is 3.27. The summed E-state index contributed by atoms with van der Waals surface area (Å²) in [6.07, 6.45) is 3.48. The number of phenols is 1. The van der Waals surface area contributed by atoms with Crippen molar-refractivity contribution in [1.82, 2.24) is 14.8 Å². The quantitative estimate of drug-likeness (QED) is 0.801. The van der Waals surface area contributed by atoms with E-state index in [4.69, 9.17) is 9.47 Å². The zero-order valence-electron chi connectivity index (χ0n) is 12.2. The normalized spacial score (nSPS) is 10.5. The van der Waals surface area contributed by atoms with E-state index in [1.807, 2.05) is 18.2 Å². The Labute approximate surface area is 127 Å². The summed E-state index contributed by atoms with van der Waals surface area (Å²) in [4.78, 5) is 4.23. The highest BCUT2D eigenvalue weighted by Crippen LogP contribution is 2.42. The Kier molecular flexibility index (Phi) is 3.65. The number of phenolic OH excluding ortho intramolecular Hbond substituents is 1. The van der Waals surface area contributed by atoms with E-state index in [1.54, 1.807) is 35.3 Å². The lowest BCUT2D eigenvalue weighted by Gasteiger charge is -2.11. The minimum atomic E-state index is -0.00637. The molecular formula is C16H15N3O3. The molecule has 1 N–H and O–H groups in total. The van der Waals surface area contributed by atoms with Crippen LogP contribution < -0.4 is 9.47 Å². The molecular weight excluding hydrogens is 282 g/mol. The average Bonchev–Trinajstić information content (AvgIpc) is 3.05. The fourth-order valence-electron chi connectivity index (χ4n) is 2.20. The summed E-state index contributed by atoms with van der Waals surface area (Å²) in [7, 11) is 3.00. The molecule has 0 spiro atoms. The molecule has 0 saturated carbocycles. The topological polar surface area (TPSA) is 69.4 Å². The lowest BCUT2D eigenvalue weighted by Crippen LogP contribution is -1.97. The van der Waals surface area contributed by atoms with Gasteiger partial charge in [-0.3, -0.25) is 0 Å². The zero-order chi connectivity index (χ0) is 15.5. The highest BCUT2D eigenvalue weighted by Gasteiger charge is 2.17. The van der Waals surface area contributed by atoms with E-state index in [0.29, 0.717) is 22.8 Å². The minimum absolute atomic E-state index is 0.00637. The third-order valence-electron chi connectivity index (χ3n) is 3.27. The first kappa shape index (κ1) is 13.9. The van der Waals surface area contributed by atoms with Gasteiger partial charge in [0.05, 0.1) is 19.9 Å². The molecule has 0 aliphatic rings. The number of pyridine rings is 1. The van der Waals surface area contributed by atoms with Crippen LogP contribution in [0.4, 0.5) is 0 Å². The summed E-state index contributed by atoms with van der Waals surface area (Å²) < 4.78 is 12.0. The zero-order valence-corrected chi connectivity index (χ0v) is 12.2. The van der Waals surface area contributed by atoms with Crippen LogP contribution in [0.2, 0.25) is 0 Å². The van der Waals surface area contributed by atoms with Gasteiger partial charge in [-0.05, 0) is 30.3 Å². The first-order chi connectivity index (χ1) is 10.7. The van der Waals surface area contributed by atoms with Crippen molar-refractivity contribution in [2.24, 2.45) is 0 Å². The van der Waals surface area contributed by atoms with Crippen LogP contribution in [0.1, 0.15) is 0 Å². The van der Waals surface area contributed by atoms with E-state index < -0.39 is 0 Å². The smallest absolute Gasteiger partial charge is 0.203 e. The number of ether oxygens (including phenoxy) is 2. The lowest BCUT2D eigenvalue weighted by molar-refractivity contribution is 0.333. The van der Waals surface area contributed by atoms with Crippen molar-refractivity contribution in [2.45, 2.75) is 0 Å². The van der Waals surface area contributed by atoms with Gasteiger partial charge in [-0.1, -0.05) is 6.07 Å². The average molecular weight is 297 g/mol. The van der Waals surface area contributed by atoms with Gasteiger partial charge in [-0.2, -0.15) is 5.10 Å². The fraction of sp³-hybridized carbons (Fsp3) is 0.125. The molecule has 2 heterocycles. The fourth-order valence-corrected chi connectivity index (χ4v) is 2.20. The molecule has 2 aromatic heterocycles. The summed E-state index contributed by atoms with van der Waals surface area (Å²) in [6.45, 7) is 0. The van der Waals surface area contributed by atoms with E-state index in [9.17, 15) is 5.11 Å². The number of hydrogen-bond acceptors (Lipinski definition) is 5. The van der Waals surface area contributed by atoms with Crippen LogP contribution in [0, 0.1) is 0 Å². The predicted octanol–water partition coefficient (Wildman–Crippen LogP) is 2.66. The molecule has 0 bridgehead atoms. The molecule has 0 saturated heterocycles. The maximum absolute atomic E-state index is 10.4. The molecule has 0 aliphatic heterocycles. The van der Waals surface area contributed by atoms with Crippen molar-refractivity contribution in [3.63, 3.8) is 0 Å². The number of aromatic nitrogens is 3. The Bertz CT molecular complexity index is 785. The van der Waals surface area contributed by atoms with Gasteiger partial charge in [0.25, 0.3) is 0 Å². The lowest BCUT2D eigenvalue weighted by atomic mass is 10.1. The van der Waals surface area contributed by atoms with E-state index in [1.165, 1.54) is 14.2 Å². The maximum atomic E-state index is 10.4. The van der Waals surface area contributed by atoms with E-state index >= 15 is 0 Å². The van der Waals surface area contributed by atoms with Crippen molar-refractivity contribution in [2.75, 3.05) is 14.2 Å². The standard InChI is InChI=1S/C16H15N3O3/c1-21-13-7-6-11(15(20)16(13)22-2)12-8-10-19(18-12)14-5-3-4-9-17-14/h3-10,20H,1-2H3. The number of aromatic hydroxyl groups is 1. The van der Waals surface area contributed by atoms with Crippen molar-refractivity contribution in [3.05, 3.63) is 48.8 Å². The van der Waals surface area contributed by atoms with Crippen molar-refractivity contribution in [3.8, 4) is 34.3 Å². The van der Waals surface area contributed by atoms with Crippen LogP contribution in [-0.4, -0.2) is 34.1 Å². The molecule has 3 rings (SSSR count). The van der Waals surface area contributed by atoms with E-state index in [0.717, 1.165) is 0 Å². The largest absolute Gasteiger partial charge is 0.504 e. The van der Waals surface area contributed by atoms with Crippen LogP contribution >= 0.6 is 0 Å². The summed E-state index contributed by atoms with van der Waals surface area (Å²) >= 11 is 0. The van der Waals surface area contributed by atoms with Crippen LogP contribution in [0.25, 0.3) is 17.1 Å². The second-order valence-corrected chi connectivity index (χ2v) is 4.53. The van der Waals surface area contributed by atoms with Gasteiger partial charge < -0.3 is 14.6 Å². The van der Waals surface area contributed by atoms with Crippen molar-refractivity contribution >= 4 is 0 Å². The predicted molar refractivity (Wildman–Crippen MR) is 81.6 cm³/mol.